The van der Waals surface area contributed by atoms with Crippen LogP contribution < -0.4 is 5.32 Å². The molecule has 0 bridgehead atoms. The lowest BCUT2D eigenvalue weighted by molar-refractivity contribution is 0.421. The molecule has 0 saturated heterocycles. The molecule has 2 N–H and O–H groups in total. The highest BCUT2D eigenvalue weighted by Gasteiger charge is 2.15. The number of phenolic OH excluding ortho intramolecular Hbond substituents is 1. The second kappa shape index (κ2) is 7.03. The third-order valence-corrected chi connectivity index (χ3v) is 3.02. The number of para-hydroxylation sites is 1. The fourth-order valence-corrected chi connectivity index (χ4v) is 1.76. The maximum atomic E-state index is 9.58. The zero-order valence-corrected chi connectivity index (χ0v) is 11.2. The number of rotatable bonds is 7. The van der Waals surface area contributed by atoms with E-state index in [4.69, 9.17) is 5.26 Å². The van der Waals surface area contributed by atoms with Gasteiger partial charge in [0.2, 0.25) is 0 Å². The summed E-state index contributed by atoms with van der Waals surface area (Å²) in [6, 6.07) is 9.68. The number of hydrogen-bond acceptors (Lipinski definition) is 3. The third kappa shape index (κ3) is 5.20. The standard InChI is InChI=1S/C15H22N2O/c1-15(2,12-16)9-5-6-10-17-11-13-7-3-4-8-14(13)18/h3-4,7-8,17-18H,5-6,9-11H2,1-2H3. The Kier molecular flexibility index (Phi) is 5.67. The van der Waals surface area contributed by atoms with Crippen LogP contribution in [0.4, 0.5) is 0 Å². The summed E-state index contributed by atoms with van der Waals surface area (Å²) in [6.45, 7) is 5.55. The van der Waals surface area contributed by atoms with Crippen LogP contribution in [0.3, 0.4) is 0 Å². The van der Waals surface area contributed by atoms with E-state index in [1.165, 1.54) is 0 Å². The maximum Gasteiger partial charge on any atom is 0.120 e. The average Bonchev–Trinajstić information content (AvgIpc) is 2.35. The van der Waals surface area contributed by atoms with Crippen LogP contribution >= 0.6 is 0 Å². The molecule has 1 aromatic rings. The second-order valence-electron chi connectivity index (χ2n) is 5.26. The predicted molar refractivity (Wildman–Crippen MR) is 73.1 cm³/mol. The van der Waals surface area contributed by atoms with Gasteiger partial charge in [-0.1, -0.05) is 24.6 Å². The van der Waals surface area contributed by atoms with Crippen molar-refractivity contribution in [3.63, 3.8) is 0 Å². The van der Waals surface area contributed by atoms with Crippen LogP contribution in [0.5, 0.6) is 5.75 Å². The Labute approximate surface area is 109 Å². The van der Waals surface area contributed by atoms with Crippen molar-refractivity contribution in [2.75, 3.05) is 6.54 Å². The van der Waals surface area contributed by atoms with Gasteiger partial charge in [0, 0.05) is 12.1 Å². The quantitative estimate of drug-likeness (QED) is 0.726. The van der Waals surface area contributed by atoms with Gasteiger partial charge in [0.05, 0.1) is 11.5 Å². The van der Waals surface area contributed by atoms with Gasteiger partial charge in [-0.3, -0.25) is 0 Å². The summed E-state index contributed by atoms with van der Waals surface area (Å²) in [5.41, 5.74) is 0.715. The lowest BCUT2D eigenvalue weighted by atomic mass is 9.89. The molecule has 0 aromatic heterocycles. The number of phenols is 1. The van der Waals surface area contributed by atoms with Gasteiger partial charge in [0.1, 0.15) is 5.75 Å². The molecule has 0 fully saturated rings. The SMILES string of the molecule is CC(C)(C#N)CCCCNCc1ccccc1O. The highest BCUT2D eigenvalue weighted by Crippen LogP contribution is 2.21. The van der Waals surface area contributed by atoms with E-state index < -0.39 is 0 Å². The molecule has 1 aromatic carbocycles. The van der Waals surface area contributed by atoms with Gasteiger partial charge in [-0.2, -0.15) is 5.26 Å². The third-order valence-electron chi connectivity index (χ3n) is 3.02. The van der Waals surface area contributed by atoms with Crippen LogP contribution in [0.2, 0.25) is 0 Å². The van der Waals surface area contributed by atoms with E-state index in [2.05, 4.69) is 11.4 Å². The molecule has 0 saturated carbocycles. The lowest BCUT2D eigenvalue weighted by Gasteiger charge is -2.14. The Balaban J connectivity index is 2.13. The number of nitrogens with one attached hydrogen (secondary N) is 1. The Morgan fingerprint density at radius 1 is 1.28 bits per heavy atom. The van der Waals surface area contributed by atoms with E-state index in [1.54, 1.807) is 6.07 Å². The van der Waals surface area contributed by atoms with E-state index >= 15 is 0 Å². The van der Waals surface area contributed by atoms with Crippen LogP contribution in [-0.2, 0) is 6.54 Å². The monoisotopic (exact) mass is 246 g/mol. The average molecular weight is 246 g/mol. The molecule has 1 rings (SSSR count). The van der Waals surface area contributed by atoms with E-state index in [1.807, 2.05) is 32.0 Å². The molecule has 0 aliphatic rings. The Morgan fingerprint density at radius 2 is 2.00 bits per heavy atom. The van der Waals surface area contributed by atoms with Crippen LogP contribution in [-0.4, -0.2) is 11.7 Å². The predicted octanol–water partition coefficient (Wildman–Crippen LogP) is 3.20. The van der Waals surface area contributed by atoms with Crippen LogP contribution in [0.25, 0.3) is 0 Å². The number of hydrogen-bond donors (Lipinski definition) is 2. The van der Waals surface area contributed by atoms with Gasteiger partial charge >= 0.3 is 0 Å². The summed E-state index contributed by atoms with van der Waals surface area (Å²) in [5.74, 6) is 0.343. The zero-order valence-electron chi connectivity index (χ0n) is 11.2. The Bertz CT molecular complexity index is 407. The summed E-state index contributed by atoms with van der Waals surface area (Å²) < 4.78 is 0. The molecule has 0 atom stereocenters. The van der Waals surface area contributed by atoms with Crippen LogP contribution in [0, 0.1) is 16.7 Å². The normalized spacial score (nSPS) is 11.2. The molecule has 0 amide bonds. The molecule has 0 spiro atoms. The largest absolute Gasteiger partial charge is 0.508 e. The molecule has 0 radical (unpaired) electrons. The lowest BCUT2D eigenvalue weighted by Crippen LogP contribution is -2.15. The van der Waals surface area contributed by atoms with Crippen LogP contribution in [0.15, 0.2) is 24.3 Å². The van der Waals surface area contributed by atoms with E-state index in [9.17, 15) is 5.11 Å². The molecule has 0 unspecified atom stereocenters. The van der Waals surface area contributed by atoms with Gasteiger partial charge in [-0.25, -0.2) is 0 Å². The molecule has 0 heterocycles. The molecule has 18 heavy (non-hydrogen) atoms. The van der Waals surface area contributed by atoms with E-state index in [0.717, 1.165) is 31.4 Å². The smallest absolute Gasteiger partial charge is 0.120 e. The van der Waals surface area contributed by atoms with Crippen molar-refractivity contribution in [3.8, 4) is 11.8 Å². The van der Waals surface area contributed by atoms with Crippen molar-refractivity contribution in [3.05, 3.63) is 29.8 Å². The van der Waals surface area contributed by atoms with Gasteiger partial charge in [0.25, 0.3) is 0 Å². The Hall–Kier alpha value is -1.53. The maximum absolute atomic E-state index is 9.58. The van der Waals surface area contributed by atoms with Gasteiger partial charge in [0.15, 0.2) is 0 Å². The highest BCUT2D eigenvalue weighted by atomic mass is 16.3. The molecule has 0 aliphatic heterocycles. The fourth-order valence-electron chi connectivity index (χ4n) is 1.76. The minimum absolute atomic E-state index is 0.211. The molecule has 3 nitrogen and oxygen atoms in total. The number of unbranched alkanes of at least 4 members (excludes halogenated alkanes) is 1. The van der Waals surface area contributed by atoms with Crippen molar-refractivity contribution in [1.82, 2.24) is 5.32 Å². The van der Waals surface area contributed by atoms with Crippen molar-refractivity contribution in [2.45, 2.75) is 39.7 Å². The van der Waals surface area contributed by atoms with Crippen LogP contribution in [0.1, 0.15) is 38.7 Å². The topological polar surface area (TPSA) is 56.0 Å². The second-order valence-corrected chi connectivity index (χ2v) is 5.26. The van der Waals surface area contributed by atoms with Crippen molar-refractivity contribution in [2.24, 2.45) is 5.41 Å². The summed E-state index contributed by atoms with van der Waals surface area (Å²) in [4.78, 5) is 0. The first-order valence-electron chi connectivity index (χ1n) is 6.44. The van der Waals surface area contributed by atoms with Gasteiger partial charge in [-0.15, -0.1) is 0 Å². The summed E-state index contributed by atoms with van der Waals surface area (Å²) in [7, 11) is 0. The number of nitriles is 1. The molecule has 0 aliphatic carbocycles. The first-order chi connectivity index (χ1) is 8.55. The molecule has 98 valence electrons. The number of aromatic hydroxyl groups is 1. The number of nitrogens with zero attached hydrogens (tertiary/aromatic N) is 1. The summed E-state index contributed by atoms with van der Waals surface area (Å²) in [6.07, 6.45) is 3.04. The minimum atomic E-state index is -0.211. The van der Waals surface area contributed by atoms with E-state index in [-0.39, 0.29) is 5.41 Å². The summed E-state index contributed by atoms with van der Waals surface area (Å²) >= 11 is 0. The molecular formula is C15H22N2O. The molecule has 3 heteroatoms. The van der Waals surface area contributed by atoms with E-state index in [0.29, 0.717) is 12.3 Å². The van der Waals surface area contributed by atoms with Crippen molar-refractivity contribution in [1.29, 1.82) is 5.26 Å². The Morgan fingerprint density at radius 3 is 2.67 bits per heavy atom. The van der Waals surface area contributed by atoms with Crippen molar-refractivity contribution >= 4 is 0 Å². The highest BCUT2D eigenvalue weighted by molar-refractivity contribution is 5.31. The first kappa shape index (κ1) is 14.5. The zero-order chi connectivity index (χ0) is 13.4. The number of benzene rings is 1. The first-order valence-corrected chi connectivity index (χ1v) is 6.44. The van der Waals surface area contributed by atoms with Gasteiger partial charge in [-0.05, 0) is 39.3 Å². The van der Waals surface area contributed by atoms with Crippen molar-refractivity contribution < 1.29 is 5.11 Å². The minimum Gasteiger partial charge on any atom is -0.508 e. The molecular weight excluding hydrogens is 224 g/mol. The van der Waals surface area contributed by atoms with Gasteiger partial charge < -0.3 is 10.4 Å². The fraction of sp³-hybridized carbons (Fsp3) is 0.533. The summed E-state index contributed by atoms with van der Waals surface area (Å²) in [5, 5.41) is 21.8.